The van der Waals surface area contributed by atoms with E-state index in [-0.39, 0.29) is 82.7 Å². The van der Waals surface area contributed by atoms with Crippen LogP contribution in [-0.2, 0) is 25.7 Å². The van der Waals surface area contributed by atoms with Gasteiger partial charge in [-0.25, -0.2) is 4.79 Å². The van der Waals surface area contributed by atoms with Gasteiger partial charge in [-0.1, -0.05) is 72.6 Å². The van der Waals surface area contributed by atoms with Crippen LogP contribution in [0.25, 0.3) is 11.1 Å². The molecule has 1 aliphatic heterocycles. The Hall–Kier alpha value is -6.10. The van der Waals surface area contributed by atoms with Gasteiger partial charge in [0.15, 0.2) is 0 Å². The van der Waals surface area contributed by atoms with Crippen molar-refractivity contribution in [3.05, 3.63) is 143 Å². The number of amides is 1. The number of fused-ring (bicyclic) bond motifs is 2. The van der Waals surface area contributed by atoms with E-state index in [9.17, 15) is 30.2 Å². The molecule has 3 aliphatic rings. The third-order valence-electron chi connectivity index (χ3n) is 12.9. The SMILES string of the molecule is C=CCOC12Oc3ccc(Oc4ccc(-c5ccccc5)cc4)cc3C3C(CCCCO)C(CCCCO)C=C(C(=NOCc4ccc([N+](=O)[O-])cc4)CC1N(CCOCCO)C(=O)OC)C32. The Balaban J connectivity index is 1.38. The molecule has 2 aliphatic carbocycles. The van der Waals surface area contributed by atoms with Crippen molar-refractivity contribution in [3.63, 3.8) is 0 Å². The van der Waals surface area contributed by atoms with Crippen LogP contribution < -0.4 is 9.47 Å². The summed E-state index contributed by atoms with van der Waals surface area (Å²) in [5.41, 5.74) is 5.05. The summed E-state index contributed by atoms with van der Waals surface area (Å²) in [6.45, 7) is 4.17. The number of oxime groups is 1. The molecule has 1 heterocycles. The van der Waals surface area contributed by atoms with Crippen LogP contribution in [0.3, 0.4) is 0 Å². The number of carbonyl (C=O) groups excluding carboxylic acids is 1. The fraction of sp³-hybridized carbons (Fsp3) is 0.423. The van der Waals surface area contributed by atoms with Crippen molar-refractivity contribution in [3.8, 4) is 28.4 Å². The average Bonchev–Trinajstić information content (AvgIpc) is 3.35. The van der Waals surface area contributed by atoms with E-state index in [1.165, 1.54) is 24.1 Å². The molecule has 0 spiro atoms. The molecule has 6 unspecified atom stereocenters. The second-order valence-electron chi connectivity index (χ2n) is 17.0. The lowest BCUT2D eigenvalue weighted by molar-refractivity contribution is -0.384. The molecule has 4 aromatic rings. The monoisotopic (exact) mass is 919 g/mol. The van der Waals surface area contributed by atoms with Crippen LogP contribution in [0.1, 0.15) is 62.0 Å². The number of carbonyl (C=O) groups is 1. The van der Waals surface area contributed by atoms with Crippen LogP contribution >= 0.6 is 0 Å². The van der Waals surface area contributed by atoms with Gasteiger partial charge in [0.2, 0.25) is 5.79 Å². The normalized spacial score (nSPS) is 22.1. The number of non-ortho nitro benzene ring substituents is 1. The lowest BCUT2D eigenvalue weighted by atomic mass is 9.55. The third kappa shape index (κ3) is 11.4. The molecule has 6 atom stereocenters. The van der Waals surface area contributed by atoms with Crippen molar-refractivity contribution in [2.45, 2.75) is 69.3 Å². The van der Waals surface area contributed by atoms with Crippen molar-refractivity contribution in [1.29, 1.82) is 0 Å². The van der Waals surface area contributed by atoms with Crippen LogP contribution in [-0.4, -0.2) is 102 Å². The smallest absolute Gasteiger partial charge is 0.410 e. The summed E-state index contributed by atoms with van der Waals surface area (Å²) in [5, 5.41) is 45.7. The van der Waals surface area contributed by atoms with Gasteiger partial charge in [-0.2, -0.15) is 0 Å². The number of aliphatic hydroxyl groups excluding tert-OH is 3. The number of unbranched alkanes of at least 4 members (excludes halogenated alkanes) is 2. The number of nitrogens with zero attached hydrogens (tertiary/aromatic N) is 3. The molecule has 15 nitrogen and oxygen atoms in total. The largest absolute Gasteiger partial charge is 0.459 e. The molecule has 1 fully saturated rings. The highest BCUT2D eigenvalue weighted by molar-refractivity contribution is 6.03. The first-order chi connectivity index (χ1) is 32.7. The Kier molecular flexibility index (Phi) is 17.2. The number of methoxy groups -OCH3 is 1. The quantitative estimate of drug-likeness (QED) is 0.0262. The zero-order chi connectivity index (χ0) is 47.2. The van der Waals surface area contributed by atoms with E-state index < -0.39 is 28.8 Å². The van der Waals surface area contributed by atoms with E-state index in [4.69, 9.17) is 33.7 Å². The molecule has 1 saturated carbocycles. The maximum Gasteiger partial charge on any atom is 0.410 e. The number of nitro benzene ring substituents is 1. The van der Waals surface area contributed by atoms with Gasteiger partial charge in [-0.15, -0.1) is 6.58 Å². The average molecular weight is 920 g/mol. The van der Waals surface area contributed by atoms with Gasteiger partial charge < -0.3 is 43.8 Å². The number of nitro groups is 1. The lowest BCUT2D eigenvalue weighted by Gasteiger charge is -2.59. The van der Waals surface area contributed by atoms with E-state index >= 15 is 0 Å². The minimum absolute atomic E-state index is 0.0113. The summed E-state index contributed by atoms with van der Waals surface area (Å²) in [6, 6.07) is 29.0. The molecular formula is C52H61N3O12. The molecule has 1 amide bonds. The molecule has 7 rings (SSSR count). The number of aliphatic hydroxyl groups is 3. The van der Waals surface area contributed by atoms with Gasteiger partial charge in [-0.05, 0) is 102 Å². The van der Waals surface area contributed by atoms with E-state index in [0.717, 1.165) is 47.9 Å². The Morgan fingerprint density at radius 1 is 0.910 bits per heavy atom. The third-order valence-corrected chi connectivity index (χ3v) is 12.9. The summed E-state index contributed by atoms with van der Waals surface area (Å²) in [6.07, 6.45) is 7.57. The molecule has 356 valence electrons. The number of benzene rings is 4. The topological polar surface area (TPSA) is 192 Å². The van der Waals surface area contributed by atoms with E-state index in [2.05, 4.69) is 24.8 Å². The predicted molar refractivity (Wildman–Crippen MR) is 252 cm³/mol. The van der Waals surface area contributed by atoms with Crippen molar-refractivity contribution >= 4 is 17.5 Å². The summed E-state index contributed by atoms with van der Waals surface area (Å²) < 4.78 is 32.0. The van der Waals surface area contributed by atoms with E-state index in [1.54, 1.807) is 18.2 Å². The molecule has 0 radical (unpaired) electrons. The van der Waals surface area contributed by atoms with Gasteiger partial charge in [0.25, 0.3) is 5.69 Å². The fourth-order valence-corrected chi connectivity index (χ4v) is 9.91. The number of rotatable bonds is 24. The Morgan fingerprint density at radius 2 is 1.63 bits per heavy atom. The number of allylic oxidation sites excluding steroid dienone is 1. The maximum atomic E-state index is 14.1. The molecule has 67 heavy (non-hydrogen) atoms. The zero-order valence-corrected chi connectivity index (χ0v) is 38.0. The van der Waals surface area contributed by atoms with Crippen LogP contribution in [0.15, 0.2) is 127 Å². The Morgan fingerprint density at radius 3 is 2.31 bits per heavy atom. The molecule has 0 bridgehead atoms. The minimum atomic E-state index is -1.54. The second kappa shape index (κ2) is 23.6. The van der Waals surface area contributed by atoms with Crippen molar-refractivity contribution in [2.24, 2.45) is 22.9 Å². The summed E-state index contributed by atoms with van der Waals surface area (Å²) in [7, 11) is 1.31. The molecular weight excluding hydrogens is 859 g/mol. The van der Waals surface area contributed by atoms with Crippen LogP contribution in [0.2, 0.25) is 0 Å². The van der Waals surface area contributed by atoms with Gasteiger partial charge in [-0.3, -0.25) is 15.0 Å². The maximum absolute atomic E-state index is 14.1. The van der Waals surface area contributed by atoms with Crippen LogP contribution in [0.4, 0.5) is 10.5 Å². The number of hydrogen-bond donors (Lipinski definition) is 3. The van der Waals surface area contributed by atoms with Crippen molar-refractivity contribution < 1.29 is 53.6 Å². The van der Waals surface area contributed by atoms with Crippen molar-refractivity contribution in [1.82, 2.24) is 4.90 Å². The summed E-state index contributed by atoms with van der Waals surface area (Å²) in [4.78, 5) is 32.6. The molecule has 3 N–H and O–H groups in total. The Labute approximate surface area is 391 Å². The number of ether oxygens (including phenoxy) is 5. The number of hydrogen-bond acceptors (Lipinski definition) is 13. The predicted octanol–water partition coefficient (Wildman–Crippen LogP) is 8.97. The van der Waals surface area contributed by atoms with Crippen LogP contribution in [0, 0.1) is 27.9 Å². The highest BCUT2D eigenvalue weighted by Gasteiger charge is 2.65. The van der Waals surface area contributed by atoms with Gasteiger partial charge in [0.05, 0.1) is 50.1 Å². The first kappa shape index (κ1) is 48.8. The highest BCUT2D eigenvalue weighted by atomic mass is 16.7. The first-order valence-corrected chi connectivity index (χ1v) is 23.0. The van der Waals surface area contributed by atoms with Gasteiger partial charge in [0.1, 0.15) is 29.9 Å². The van der Waals surface area contributed by atoms with E-state index in [1.807, 2.05) is 60.7 Å². The van der Waals surface area contributed by atoms with Gasteiger partial charge in [0, 0.05) is 49.8 Å². The highest BCUT2D eigenvalue weighted by Crippen LogP contribution is 2.62. The standard InChI is InChI=1S/C52H61N3O12/c1-3-29-64-52-48(54(51(59)62-2)25-30-63-31-28-58)34-46(53-65-35-36-15-19-40(20-16-36)55(60)61)44-32-39(13-7-9-26-56)43(14-8-10-27-57)49(50(44)52)45-33-42(23-24-47(45)67-52)66-41-21-17-38(18-22-41)37-11-5-4-6-12-37/h3-6,11-12,15-24,32-33,39,43,48-50,56-58H,1,7-10,13-14,25-31,34-35H2,2H3. The fourth-order valence-electron chi connectivity index (χ4n) is 9.91. The van der Waals surface area contributed by atoms with Gasteiger partial charge >= 0.3 is 6.09 Å². The van der Waals surface area contributed by atoms with E-state index in [0.29, 0.717) is 41.4 Å². The molecule has 0 aromatic heterocycles. The first-order valence-electron chi connectivity index (χ1n) is 23.0. The lowest BCUT2D eigenvalue weighted by Crippen LogP contribution is -2.70. The van der Waals surface area contributed by atoms with Crippen LogP contribution in [0.5, 0.6) is 17.2 Å². The second-order valence-corrected chi connectivity index (χ2v) is 17.0. The summed E-state index contributed by atoms with van der Waals surface area (Å²) in [5.74, 6) is -0.694. The zero-order valence-electron chi connectivity index (χ0n) is 38.0. The van der Waals surface area contributed by atoms with Crippen molar-refractivity contribution in [2.75, 3.05) is 53.3 Å². The molecule has 4 aromatic carbocycles. The minimum Gasteiger partial charge on any atom is -0.459 e. The molecule has 15 heteroatoms. The Bertz CT molecular complexity index is 2320. The summed E-state index contributed by atoms with van der Waals surface area (Å²) >= 11 is 0. The molecule has 0 saturated heterocycles.